The molecule has 6 nitrogen and oxygen atoms in total. The highest BCUT2D eigenvalue weighted by Crippen LogP contribution is 2.38. The minimum atomic E-state index is -0.139. The Balaban J connectivity index is 1.72. The van der Waals surface area contributed by atoms with Gasteiger partial charge in [0.2, 0.25) is 5.95 Å². The Bertz CT molecular complexity index is 761. The van der Waals surface area contributed by atoms with Crippen LogP contribution >= 0.6 is 0 Å². The van der Waals surface area contributed by atoms with Gasteiger partial charge in [-0.15, -0.1) is 5.10 Å². The first-order valence-corrected chi connectivity index (χ1v) is 10.6. The molecule has 3 heterocycles. The molecule has 2 N–H and O–H groups in total. The summed E-state index contributed by atoms with van der Waals surface area (Å²) < 4.78 is 7.70. The van der Waals surface area contributed by atoms with Crippen LogP contribution in [0.1, 0.15) is 81.9 Å². The van der Waals surface area contributed by atoms with Crippen molar-refractivity contribution < 1.29 is 9.84 Å². The Morgan fingerprint density at radius 3 is 2.63 bits per heavy atom. The first-order chi connectivity index (χ1) is 13.2. The minimum absolute atomic E-state index is 0.139. The summed E-state index contributed by atoms with van der Waals surface area (Å²) in [7, 11) is 0. The van der Waals surface area contributed by atoms with Gasteiger partial charge in [0.05, 0.1) is 17.8 Å². The average molecular weight is 373 g/mol. The van der Waals surface area contributed by atoms with E-state index in [0.717, 1.165) is 63.7 Å². The fraction of sp³-hybridized carbons (Fsp3) is 0.714. The van der Waals surface area contributed by atoms with E-state index in [9.17, 15) is 5.11 Å². The third kappa shape index (κ3) is 3.97. The number of rotatable bonds is 5. The van der Waals surface area contributed by atoms with Gasteiger partial charge in [-0.05, 0) is 69.4 Å². The lowest BCUT2D eigenvalue weighted by molar-refractivity contribution is 0.0856. The molecule has 1 saturated heterocycles. The molecule has 4 rings (SSSR count). The van der Waals surface area contributed by atoms with Gasteiger partial charge in [0.15, 0.2) is 0 Å². The number of nitrogens with one attached hydrogen (secondary N) is 1. The first kappa shape index (κ1) is 18.7. The molecule has 1 atom stereocenters. The van der Waals surface area contributed by atoms with Gasteiger partial charge < -0.3 is 15.2 Å². The SMILES string of the molecule is CC[C@H](C)Nc1ncc2c(C3CCOCC3)cc([C@H]3CC[C@H](O)CC3)n2n1. The van der Waals surface area contributed by atoms with Crippen LogP contribution in [-0.4, -0.2) is 45.1 Å². The Morgan fingerprint density at radius 1 is 1.19 bits per heavy atom. The molecule has 27 heavy (non-hydrogen) atoms. The monoisotopic (exact) mass is 372 g/mol. The number of fused-ring (bicyclic) bond motifs is 1. The van der Waals surface area contributed by atoms with Crippen molar-refractivity contribution in [1.29, 1.82) is 0 Å². The molecule has 2 aromatic rings. The summed E-state index contributed by atoms with van der Waals surface area (Å²) in [6, 6.07) is 2.72. The van der Waals surface area contributed by atoms with Crippen LogP contribution in [0.25, 0.3) is 5.52 Å². The van der Waals surface area contributed by atoms with Crippen LogP contribution in [0.5, 0.6) is 0 Å². The Labute approximate surface area is 161 Å². The van der Waals surface area contributed by atoms with E-state index in [-0.39, 0.29) is 6.10 Å². The first-order valence-electron chi connectivity index (χ1n) is 10.6. The highest BCUT2D eigenvalue weighted by atomic mass is 16.5. The zero-order chi connectivity index (χ0) is 18.8. The molecule has 2 aromatic heterocycles. The number of hydrogen-bond donors (Lipinski definition) is 2. The van der Waals surface area contributed by atoms with Crippen molar-refractivity contribution in [2.24, 2.45) is 0 Å². The average Bonchev–Trinajstić information content (AvgIpc) is 3.08. The van der Waals surface area contributed by atoms with Gasteiger partial charge in [-0.2, -0.15) is 0 Å². The fourth-order valence-electron chi connectivity index (χ4n) is 4.43. The molecule has 148 valence electrons. The van der Waals surface area contributed by atoms with E-state index in [1.807, 2.05) is 6.20 Å². The standard InChI is InChI=1S/C21H32N4O2/c1-3-14(2)23-21-22-13-20-18(15-8-10-27-11-9-15)12-19(25(20)24-21)16-4-6-17(26)7-5-16/h12-17,26H,3-11H2,1-2H3,(H,23,24)/t14-,16-,17-/m0/s1. The Kier molecular flexibility index (Phi) is 5.64. The molecule has 1 aliphatic carbocycles. The highest BCUT2D eigenvalue weighted by Gasteiger charge is 2.28. The molecule has 0 spiro atoms. The molecular weight excluding hydrogens is 340 g/mol. The molecular formula is C21H32N4O2. The van der Waals surface area contributed by atoms with Gasteiger partial charge in [-0.3, -0.25) is 0 Å². The molecule has 0 amide bonds. The van der Waals surface area contributed by atoms with E-state index in [4.69, 9.17) is 9.84 Å². The van der Waals surface area contributed by atoms with E-state index >= 15 is 0 Å². The second-order valence-electron chi connectivity index (χ2n) is 8.25. The van der Waals surface area contributed by atoms with Crippen LogP contribution < -0.4 is 5.32 Å². The third-order valence-corrected chi connectivity index (χ3v) is 6.34. The second kappa shape index (κ2) is 8.15. The smallest absolute Gasteiger partial charge is 0.241 e. The van der Waals surface area contributed by atoms with E-state index in [1.165, 1.54) is 11.3 Å². The van der Waals surface area contributed by atoms with Crippen molar-refractivity contribution in [3.8, 4) is 0 Å². The number of aromatic nitrogens is 3. The number of ether oxygens (including phenoxy) is 1. The molecule has 1 aliphatic heterocycles. The van der Waals surface area contributed by atoms with Crippen LogP contribution in [0.4, 0.5) is 5.95 Å². The minimum Gasteiger partial charge on any atom is -0.393 e. The van der Waals surface area contributed by atoms with Crippen LogP contribution in [0.15, 0.2) is 12.3 Å². The Morgan fingerprint density at radius 2 is 1.93 bits per heavy atom. The number of hydrogen-bond acceptors (Lipinski definition) is 5. The molecule has 0 radical (unpaired) electrons. The van der Waals surface area contributed by atoms with Gasteiger partial charge >= 0.3 is 0 Å². The van der Waals surface area contributed by atoms with E-state index < -0.39 is 0 Å². The summed E-state index contributed by atoms with van der Waals surface area (Å²) in [6.45, 7) is 5.98. The van der Waals surface area contributed by atoms with Crippen molar-refractivity contribution in [2.45, 2.75) is 82.8 Å². The molecule has 6 heteroatoms. The maximum atomic E-state index is 9.91. The lowest BCUT2D eigenvalue weighted by Crippen LogP contribution is -2.19. The Hall–Kier alpha value is -1.66. The molecule has 2 aliphatic rings. The summed E-state index contributed by atoms with van der Waals surface area (Å²) in [5.74, 6) is 1.68. The van der Waals surface area contributed by atoms with E-state index in [1.54, 1.807) is 0 Å². The zero-order valence-electron chi connectivity index (χ0n) is 16.5. The quantitative estimate of drug-likeness (QED) is 0.834. The maximum Gasteiger partial charge on any atom is 0.241 e. The number of aliphatic hydroxyl groups excluding tert-OH is 1. The van der Waals surface area contributed by atoms with Crippen LogP contribution in [0.2, 0.25) is 0 Å². The summed E-state index contributed by atoms with van der Waals surface area (Å²) >= 11 is 0. The van der Waals surface area contributed by atoms with Crippen molar-refractivity contribution in [3.05, 3.63) is 23.5 Å². The topological polar surface area (TPSA) is 71.7 Å². The number of anilines is 1. The zero-order valence-corrected chi connectivity index (χ0v) is 16.5. The fourth-order valence-corrected chi connectivity index (χ4v) is 4.43. The van der Waals surface area contributed by atoms with E-state index in [0.29, 0.717) is 23.8 Å². The van der Waals surface area contributed by atoms with Gasteiger partial charge in [0, 0.05) is 30.9 Å². The molecule has 0 unspecified atom stereocenters. The summed E-state index contributed by atoms with van der Waals surface area (Å²) in [5, 5.41) is 18.2. The largest absolute Gasteiger partial charge is 0.393 e. The van der Waals surface area contributed by atoms with Crippen LogP contribution in [-0.2, 0) is 4.74 Å². The van der Waals surface area contributed by atoms with Crippen molar-refractivity contribution >= 4 is 11.5 Å². The predicted octanol–water partition coefficient (Wildman–Crippen LogP) is 3.85. The van der Waals surface area contributed by atoms with E-state index in [2.05, 4.69) is 34.7 Å². The summed E-state index contributed by atoms with van der Waals surface area (Å²) in [4.78, 5) is 4.61. The van der Waals surface area contributed by atoms with Gasteiger partial charge in [0.1, 0.15) is 0 Å². The molecule has 0 aromatic carbocycles. The number of nitrogens with zero attached hydrogens (tertiary/aromatic N) is 3. The molecule has 0 bridgehead atoms. The lowest BCUT2D eigenvalue weighted by atomic mass is 9.84. The van der Waals surface area contributed by atoms with Gasteiger partial charge in [0.25, 0.3) is 0 Å². The van der Waals surface area contributed by atoms with Crippen molar-refractivity contribution in [2.75, 3.05) is 18.5 Å². The number of aliphatic hydroxyl groups is 1. The van der Waals surface area contributed by atoms with Crippen LogP contribution in [0, 0.1) is 0 Å². The van der Waals surface area contributed by atoms with Gasteiger partial charge in [-0.25, -0.2) is 9.50 Å². The normalized spacial score (nSPS) is 25.6. The summed E-state index contributed by atoms with van der Waals surface area (Å²) in [5.41, 5.74) is 3.79. The molecule has 1 saturated carbocycles. The van der Waals surface area contributed by atoms with Crippen molar-refractivity contribution in [3.63, 3.8) is 0 Å². The molecule has 2 fully saturated rings. The van der Waals surface area contributed by atoms with Crippen LogP contribution in [0.3, 0.4) is 0 Å². The summed E-state index contributed by atoms with van der Waals surface area (Å²) in [6.07, 6.45) is 8.83. The van der Waals surface area contributed by atoms with Gasteiger partial charge in [-0.1, -0.05) is 6.92 Å². The lowest BCUT2D eigenvalue weighted by Gasteiger charge is -2.25. The highest BCUT2D eigenvalue weighted by molar-refractivity contribution is 5.58. The van der Waals surface area contributed by atoms with Crippen molar-refractivity contribution in [1.82, 2.24) is 14.6 Å². The predicted molar refractivity (Wildman–Crippen MR) is 106 cm³/mol. The second-order valence-corrected chi connectivity index (χ2v) is 8.25. The maximum absolute atomic E-state index is 9.91. The third-order valence-electron chi connectivity index (χ3n) is 6.34.